The Morgan fingerprint density at radius 1 is 1.03 bits per heavy atom. The number of nitrogens with zero attached hydrogens (tertiary/aromatic N) is 1. The van der Waals surface area contributed by atoms with Crippen molar-refractivity contribution in [1.82, 2.24) is 0 Å². The summed E-state index contributed by atoms with van der Waals surface area (Å²) in [5, 5.41) is 0. The van der Waals surface area contributed by atoms with Crippen LogP contribution in [0.5, 0.6) is 0 Å². The lowest BCUT2D eigenvalue weighted by Gasteiger charge is -2.23. The Labute approximate surface area is 176 Å². The molecule has 2 aromatic carbocycles. The third kappa shape index (κ3) is 10.1. The first-order valence-corrected chi connectivity index (χ1v) is 10.3. The highest BCUT2D eigenvalue weighted by molar-refractivity contribution is 7.87. The van der Waals surface area contributed by atoms with E-state index in [0.29, 0.717) is 5.56 Å². The lowest BCUT2D eigenvalue weighted by Crippen LogP contribution is -2.33. The number of quaternary nitrogens is 1. The van der Waals surface area contributed by atoms with E-state index in [1.807, 2.05) is 0 Å². The molecule has 0 atom stereocenters. The van der Waals surface area contributed by atoms with Gasteiger partial charge in [0.1, 0.15) is 13.2 Å². The highest BCUT2D eigenvalue weighted by Gasteiger charge is 2.29. The van der Waals surface area contributed by atoms with Crippen molar-refractivity contribution in [2.45, 2.75) is 18.9 Å². The topological polar surface area (TPSA) is 69.7 Å². The Morgan fingerprint density at radius 3 is 2.07 bits per heavy atom. The van der Waals surface area contributed by atoms with Crippen molar-refractivity contribution < 1.29 is 35.4 Å². The standard InChI is InChI=1S/C11H10F2O5S.C10H16N/c1-2-8-3-5-9(6-4-8)7-17-11(14)18-19(15,16)10(12)13;1-11(2,3)9-10-7-5-4-6-8-10/h2-6,10H,1,7H2;4-8H,9H2,1-3H3/q;+1. The van der Waals surface area contributed by atoms with Gasteiger partial charge in [-0.3, -0.25) is 0 Å². The fraction of sp³-hybridized carbons (Fsp3) is 0.286. The number of alkyl halides is 2. The molecular weight excluding hydrogens is 416 g/mol. The van der Waals surface area contributed by atoms with Gasteiger partial charge in [-0.1, -0.05) is 67.3 Å². The van der Waals surface area contributed by atoms with Gasteiger partial charge in [-0.25, -0.2) is 4.79 Å². The molecule has 0 amide bonds. The number of hydrogen-bond donors (Lipinski definition) is 0. The molecule has 2 aromatic rings. The van der Waals surface area contributed by atoms with Crippen LogP contribution in [0.25, 0.3) is 6.08 Å². The van der Waals surface area contributed by atoms with Crippen LogP contribution in [-0.4, -0.2) is 46.0 Å². The monoisotopic (exact) mass is 442 g/mol. The number of halogens is 2. The van der Waals surface area contributed by atoms with Crippen molar-refractivity contribution >= 4 is 22.3 Å². The third-order valence-electron chi connectivity index (χ3n) is 3.47. The molecule has 2 rings (SSSR count). The van der Waals surface area contributed by atoms with Gasteiger partial charge >= 0.3 is 22.0 Å². The largest absolute Gasteiger partial charge is 0.524 e. The lowest BCUT2D eigenvalue weighted by atomic mass is 10.1. The molecule has 0 fully saturated rings. The minimum atomic E-state index is -5.23. The third-order valence-corrected chi connectivity index (χ3v) is 4.28. The Morgan fingerprint density at radius 2 is 1.60 bits per heavy atom. The summed E-state index contributed by atoms with van der Waals surface area (Å²) in [6.45, 7) is 4.35. The number of carbonyl (C=O) groups excluding carboxylic acids is 1. The summed E-state index contributed by atoms with van der Waals surface area (Å²) in [4.78, 5) is 10.9. The summed E-state index contributed by atoms with van der Waals surface area (Å²) in [6.07, 6.45) is -0.0956. The second kappa shape index (κ2) is 11.4. The van der Waals surface area contributed by atoms with Crippen LogP contribution < -0.4 is 0 Å². The van der Waals surface area contributed by atoms with E-state index in [-0.39, 0.29) is 6.61 Å². The molecule has 0 bridgehead atoms. The van der Waals surface area contributed by atoms with Gasteiger partial charge in [-0.15, -0.1) is 0 Å². The summed E-state index contributed by atoms with van der Waals surface area (Å²) in [5.41, 5.74) is 2.78. The van der Waals surface area contributed by atoms with Crippen LogP contribution in [0.2, 0.25) is 0 Å². The molecule has 30 heavy (non-hydrogen) atoms. The van der Waals surface area contributed by atoms with Gasteiger partial charge in [0.2, 0.25) is 0 Å². The highest BCUT2D eigenvalue weighted by Crippen LogP contribution is 2.11. The Hall–Kier alpha value is -2.78. The average molecular weight is 443 g/mol. The SMILES string of the molecule is C=Cc1ccc(COC(=O)OS(=O)(=O)C(F)F)cc1.C[N+](C)(C)Cc1ccccc1. The van der Waals surface area contributed by atoms with Crippen molar-refractivity contribution in [3.05, 3.63) is 77.9 Å². The van der Waals surface area contributed by atoms with Gasteiger partial charge in [0, 0.05) is 5.56 Å². The molecule has 0 aliphatic carbocycles. The Kier molecular flexibility index (Phi) is 9.61. The molecule has 164 valence electrons. The minimum Gasteiger partial charge on any atom is -0.429 e. The number of carbonyl (C=O) groups is 1. The van der Waals surface area contributed by atoms with Crippen molar-refractivity contribution in [1.29, 1.82) is 0 Å². The van der Waals surface area contributed by atoms with Crippen molar-refractivity contribution in [3.8, 4) is 0 Å². The maximum Gasteiger partial charge on any atom is 0.524 e. The van der Waals surface area contributed by atoms with Gasteiger partial charge in [-0.05, 0) is 11.1 Å². The molecule has 0 aliphatic rings. The number of benzene rings is 2. The first kappa shape index (κ1) is 25.3. The maximum atomic E-state index is 11.9. The molecule has 0 saturated carbocycles. The van der Waals surface area contributed by atoms with E-state index < -0.39 is 22.0 Å². The van der Waals surface area contributed by atoms with Crippen LogP contribution in [0.4, 0.5) is 13.6 Å². The Bertz CT molecular complexity index is 909. The van der Waals surface area contributed by atoms with E-state index in [1.54, 1.807) is 30.3 Å². The van der Waals surface area contributed by atoms with Crippen molar-refractivity contribution in [3.63, 3.8) is 0 Å². The number of ether oxygens (including phenoxy) is 1. The van der Waals surface area contributed by atoms with Crippen molar-refractivity contribution in [2.75, 3.05) is 21.1 Å². The van der Waals surface area contributed by atoms with Crippen LogP contribution in [0.3, 0.4) is 0 Å². The van der Waals surface area contributed by atoms with Crippen LogP contribution in [0, 0.1) is 0 Å². The molecular formula is C21H26F2NO5S+. The first-order valence-electron chi connectivity index (χ1n) is 8.87. The van der Waals surface area contributed by atoms with E-state index >= 15 is 0 Å². The van der Waals surface area contributed by atoms with Gasteiger partial charge < -0.3 is 13.4 Å². The summed E-state index contributed by atoms with van der Waals surface area (Å²) < 4.78 is 53.8. The van der Waals surface area contributed by atoms with E-state index in [2.05, 4.69) is 67.0 Å². The molecule has 0 aliphatic heterocycles. The molecule has 0 aromatic heterocycles. The van der Waals surface area contributed by atoms with Gasteiger partial charge in [0.25, 0.3) is 0 Å². The lowest BCUT2D eigenvalue weighted by molar-refractivity contribution is -0.884. The van der Waals surface area contributed by atoms with E-state index in [9.17, 15) is 22.0 Å². The normalized spacial score (nSPS) is 11.3. The molecule has 6 nitrogen and oxygen atoms in total. The smallest absolute Gasteiger partial charge is 0.429 e. The molecule has 0 saturated heterocycles. The number of rotatable bonds is 7. The quantitative estimate of drug-likeness (QED) is 0.361. The van der Waals surface area contributed by atoms with Crippen LogP contribution in [0.15, 0.2) is 61.2 Å². The predicted molar refractivity (Wildman–Crippen MR) is 111 cm³/mol. The fourth-order valence-corrected chi connectivity index (χ4v) is 2.49. The van der Waals surface area contributed by atoms with Crippen molar-refractivity contribution in [2.24, 2.45) is 0 Å². The maximum absolute atomic E-state index is 11.9. The zero-order valence-corrected chi connectivity index (χ0v) is 17.9. The van der Waals surface area contributed by atoms with Gasteiger partial charge in [0.15, 0.2) is 0 Å². The second-order valence-electron chi connectivity index (χ2n) is 7.26. The highest BCUT2D eigenvalue weighted by atomic mass is 32.2. The molecule has 9 heteroatoms. The molecule has 0 N–H and O–H groups in total. The second-order valence-corrected chi connectivity index (χ2v) is 8.76. The minimum absolute atomic E-state index is 0.297. The van der Waals surface area contributed by atoms with E-state index in [1.165, 1.54) is 5.56 Å². The average Bonchev–Trinajstić information content (AvgIpc) is 2.66. The number of hydrogen-bond acceptors (Lipinski definition) is 5. The molecule has 0 heterocycles. The molecule has 0 unspecified atom stereocenters. The zero-order valence-electron chi connectivity index (χ0n) is 17.1. The summed E-state index contributed by atoms with van der Waals surface area (Å²) in [5.74, 6) is -3.80. The molecule has 0 radical (unpaired) electrons. The van der Waals surface area contributed by atoms with Gasteiger partial charge in [0.05, 0.1) is 21.1 Å². The van der Waals surface area contributed by atoms with Crippen LogP contribution >= 0.6 is 0 Å². The summed E-state index contributed by atoms with van der Waals surface area (Å²) >= 11 is 0. The zero-order chi connectivity index (χ0) is 22.8. The van der Waals surface area contributed by atoms with Crippen LogP contribution in [-0.2, 0) is 32.2 Å². The molecule has 0 spiro atoms. The Balaban J connectivity index is 0.000000346. The van der Waals surface area contributed by atoms with E-state index in [0.717, 1.165) is 16.6 Å². The first-order chi connectivity index (χ1) is 13.9. The fourth-order valence-electron chi connectivity index (χ4n) is 2.18. The van der Waals surface area contributed by atoms with E-state index in [4.69, 9.17) is 0 Å². The summed E-state index contributed by atoms with van der Waals surface area (Å²) in [7, 11) is 1.37. The van der Waals surface area contributed by atoms with Gasteiger partial charge in [-0.2, -0.15) is 17.2 Å². The predicted octanol–water partition coefficient (Wildman–Crippen LogP) is 4.43. The summed E-state index contributed by atoms with van der Waals surface area (Å²) in [6, 6.07) is 17.2. The van der Waals surface area contributed by atoms with Crippen LogP contribution in [0.1, 0.15) is 16.7 Å².